The van der Waals surface area contributed by atoms with E-state index in [1.165, 1.54) is 20.8 Å². The molecule has 0 amide bonds. The third-order valence-corrected chi connectivity index (χ3v) is 13.5. The van der Waals surface area contributed by atoms with Crippen molar-refractivity contribution in [1.82, 2.24) is 0 Å². The standard InChI is InChI=1S/C29H50O11Si/c1-15-16(2)27(39-22-14-34-41(28(7,8)9,29(10,11)12)40-23(15)22)33-13-21-25(37-19(5)31)26(38-20(6)32)24(17(3)35-21)36-18(4)30/h15-17,21-27H,13-14H2,1-12H3/t15-,16?,17+,21?,22?,23-,24?,25-,26-,27+/m1/s1. The van der Waals surface area contributed by atoms with Crippen molar-refractivity contribution >= 4 is 26.5 Å². The van der Waals surface area contributed by atoms with Crippen LogP contribution in [0.15, 0.2) is 0 Å². The molecule has 3 fully saturated rings. The monoisotopic (exact) mass is 602 g/mol. The molecule has 236 valence electrons. The van der Waals surface area contributed by atoms with Gasteiger partial charge >= 0.3 is 26.5 Å². The minimum absolute atomic E-state index is 0.0175. The third kappa shape index (κ3) is 7.15. The van der Waals surface area contributed by atoms with Gasteiger partial charge in [-0.25, -0.2) is 0 Å². The van der Waals surface area contributed by atoms with Crippen molar-refractivity contribution in [3.63, 3.8) is 0 Å². The summed E-state index contributed by atoms with van der Waals surface area (Å²) in [5, 5.41) is -0.286. The summed E-state index contributed by atoms with van der Waals surface area (Å²) in [6.07, 6.45) is -5.62. The van der Waals surface area contributed by atoms with Crippen LogP contribution in [0.5, 0.6) is 0 Å². The van der Waals surface area contributed by atoms with Gasteiger partial charge in [-0.3, -0.25) is 14.4 Å². The molecule has 0 bridgehead atoms. The van der Waals surface area contributed by atoms with Crippen LogP contribution in [0.25, 0.3) is 0 Å². The summed E-state index contributed by atoms with van der Waals surface area (Å²) in [5.41, 5.74) is 0. The molecule has 0 saturated carbocycles. The van der Waals surface area contributed by atoms with Gasteiger partial charge in [-0.05, 0) is 12.8 Å². The van der Waals surface area contributed by atoms with E-state index in [4.69, 9.17) is 37.3 Å². The van der Waals surface area contributed by atoms with E-state index in [-0.39, 0.29) is 40.7 Å². The molecule has 4 unspecified atom stereocenters. The lowest BCUT2D eigenvalue weighted by Crippen LogP contribution is -2.68. The van der Waals surface area contributed by atoms with Crippen LogP contribution >= 0.6 is 0 Å². The lowest BCUT2D eigenvalue weighted by atomic mass is 9.85. The summed E-state index contributed by atoms with van der Waals surface area (Å²) in [4.78, 5) is 35.8. The van der Waals surface area contributed by atoms with E-state index in [1.54, 1.807) is 6.92 Å². The molecular formula is C29H50O11Si. The van der Waals surface area contributed by atoms with Crippen molar-refractivity contribution in [2.24, 2.45) is 11.8 Å². The Labute approximate surface area is 245 Å². The van der Waals surface area contributed by atoms with E-state index >= 15 is 0 Å². The zero-order valence-electron chi connectivity index (χ0n) is 26.7. The van der Waals surface area contributed by atoms with Gasteiger partial charge < -0.3 is 37.3 Å². The molecular weight excluding hydrogens is 552 g/mol. The van der Waals surface area contributed by atoms with Crippen molar-refractivity contribution < 1.29 is 51.7 Å². The predicted molar refractivity (Wildman–Crippen MR) is 150 cm³/mol. The highest BCUT2D eigenvalue weighted by Crippen LogP contribution is 2.55. The van der Waals surface area contributed by atoms with Crippen LogP contribution < -0.4 is 0 Å². The quantitative estimate of drug-likeness (QED) is 0.248. The molecule has 0 aromatic heterocycles. The first kappa shape index (κ1) is 33.9. The Morgan fingerprint density at radius 1 is 0.756 bits per heavy atom. The van der Waals surface area contributed by atoms with E-state index in [0.717, 1.165) is 0 Å². The van der Waals surface area contributed by atoms with E-state index in [9.17, 15) is 14.4 Å². The average molecular weight is 603 g/mol. The molecule has 0 spiro atoms. The second-order valence-electron chi connectivity index (χ2n) is 13.7. The predicted octanol–water partition coefficient (Wildman–Crippen LogP) is 4.04. The lowest BCUT2D eigenvalue weighted by molar-refractivity contribution is -0.298. The fourth-order valence-electron chi connectivity index (χ4n) is 6.54. The van der Waals surface area contributed by atoms with Gasteiger partial charge in [0, 0.05) is 36.8 Å². The maximum atomic E-state index is 12.0. The SMILES string of the molecule is CC(=O)OC1[C@H](C)OC(CO[C@H]2OC3CO[Si](C(C)(C)C)(C(C)(C)C)O[C@@H]3[C@H](C)C2C)[C@@H](OC(C)=O)[C@@H]1OC(C)=O. The molecule has 3 aliphatic heterocycles. The molecule has 0 radical (unpaired) electrons. The van der Waals surface area contributed by atoms with Gasteiger partial charge in [0.1, 0.15) is 12.2 Å². The third-order valence-electron chi connectivity index (χ3n) is 8.38. The van der Waals surface area contributed by atoms with Gasteiger partial charge in [-0.1, -0.05) is 55.4 Å². The molecule has 3 saturated heterocycles. The number of fused-ring (bicyclic) bond motifs is 1. The highest BCUT2D eigenvalue weighted by molar-refractivity contribution is 6.73. The molecule has 12 heteroatoms. The first-order valence-electron chi connectivity index (χ1n) is 14.5. The van der Waals surface area contributed by atoms with E-state index in [0.29, 0.717) is 6.61 Å². The molecule has 10 atom stereocenters. The Morgan fingerprint density at radius 2 is 1.27 bits per heavy atom. The van der Waals surface area contributed by atoms with Gasteiger partial charge in [0.2, 0.25) is 0 Å². The van der Waals surface area contributed by atoms with Crippen LogP contribution in [0.3, 0.4) is 0 Å². The summed E-state index contributed by atoms with van der Waals surface area (Å²) in [6.45, 7) is 23.2. The summed E-state index contributed by atoms with van der Waals surface area (Å²) in [7, 11) is -2.67. The van der Waals surface area contributed by atoms with Crippen molar-refractivity contribution in [3.05, 3.63) is 0 Å². The Balaban J connectivity index is 1.78. The van der Waals surface area contributed by atoms with Crippen molar-refractivity contribution in [2.75, 3.05) is 13.2 Å². The molecule has 0 N–H and O–H groups in total. The summed E-state index contributed by atoms with van der Waals surface area (Å²) >= 11 is 0. The lowest BCUT2D eigenvalue weighted by Gasteiger charge is -2.58. The highest BCUT2D eigenvalue weighted by atomic mass is 28.4. The zero-order valence-corrected chi connectivity index (χ0v) is 27.7. The second-order valence-corrected chi connectivity index (χ2v) is 18.5. The van der Waals surface area contributed by atoms with Crippen molar-refractivity contribution in [2.45, 2.75) is 142 Å². The highest BCUT2D eigenvalue weighted by Gasteiger charge is 2.64. The molecule has 0 aromatic rings. The van der Waals surface area contributed by atoms with Crippen LogP contribution in [0, 0.1) is 11.8 Å². The zero-order chi connectivity index (χ0) is 31.1. The Kier molecular flexibility index (Phi) is 10.4. The number of carbonyl (C=O) groups is 3. The second kappa shape index (κ2) is 12.6. The number of ether oxygens (including phenoxy) is 6. The van der Waals surface area contributed by atoms with Gasteiger partial charge in [-0.2, -0.15) is 0 Å². The van der Waals surface area contributed by atoms with Gasteiger partial charge in [0.15, 0.2) is 24.6 Å². The van der Waals surface area contributed by atoms with E-state index in [2.05, 4.69) is 55.4 Å². The van der Waals surface area contributed by atoms with E-state index in [1.807, 2.05) is 0 Å². The first-order chi connectivity index (χ1) is 18.8. The fraction of sp³-hybridized carbons (Fsp3) is 0.897. The Morgan fingerprint density at radius 3 is 1.78 bits per heavy atom. The molecule has 0 aliphatic carbocycles. The van der Waals surface area contributed by atoms with Crippen molar-refractivity contribution in [1.29, 1.82) is 0 Å². The average Bonchev–Trinajstić information content (AvgIpc) is 2.82. The maximum absolute atomic E-state index is 12.0. The van der Waals surface area contributed by atoms with Gasteiger partial charge in [0.05, 0.1) is 25.4 Å². The smallest absolute Gasteiger partial charge is 0.349 e. The molecule has 3 rings (SSSR count). The maximum Gasteiger partial charge on any atom is 0.349 e. The molecule has 11 nitrogen and oxygen atoms in total. The summed E-state index contributed by atoms with van der Waals surface area (Å²) in [6, 6.07) is 0. The van der Waals surface area contributed by atoms with Gasteiger partial charge in [0.25, 0.3) is 0 Å². The normalized spacial score (nSPS) is 37.5. The fourth-order valence-corrected chi connectivity index (χ4v) is 11.6. The topological polar surface area (TPSA) is 125 Å². The van der Waals surface area contributed by atoms with Crippen LogP contribution in [0.1, 0.15) is 83.1 Å². The number of rotatable bonds is 6. The number of hydrogen-bond acceptors (Lipinski definition) is 11. The number of esters is 3. The number of hydrogen-bond donors (Lipinski definition) is 0. The van der Waals surface area contributed by atoms with Crippen LogP contribution in [0.2, 0.25) is 10.1 Å². The molecule has 0 aromatic carbocycles. The van der Waals surface area contributed by atoms with Gasteiger partial charge in [-0.15, -0.1) is 0 Å². The molecule has 41 heavy (non-hydrogen) atoms. The van der Waals surface area contributed by atoms with Crippen molar-refractivity contribution in [3.8, 4) is 0 Å². The largest absolute Gasteiger partial charge is 0.456 e. The van der Waals surface area contributed by atoms with Crippen LogP contribution in [-0.2, 0) is 51.7 Å². The first-order valence-corrected chi connectivity index (χ1v) is 16.4. The van der Waals surface area contributed by atoms with Crippen LogP contribution in [-0.4, -0.2) is 88.7 Å². The Hall–Kier alpha value is -1.57. The minimum Gasteiger partial charge on any atom is -0.456 e. The minimum atomic E-state index is -2.67. The Bertz CT molecular complexity index is 941. The molecule has 3 heterocycles. The number of carbonyl (C=O) groups excluding carboxylic acids is 3. The summed E-state index contributed by atoms with van der Waals surface area (Å²) < 4.78 is 48.9. The van der Waals surface area contributed by atoms with E-state index < -0.39 is 63.3 Å². The summed E-state index contributed by atoms with van der Waals surface area (Å²) in [5.74, 6) is -1.71. The van der Waals surface area contributed by atoms with Crippen LogP contribution in [0.4, 0.5) is 0 Å². The molecule has 3 aliphatic rings.